The molecule has 152 valence electrons. The molecule has 1 aromatic carbocycles. The van der Waals surface area contributed by atoms with Crippen molar-refractivity contribution in [2.75, 3.05) is 7.11 Å². The van der Waals surface area contributed by atoms with E-state index in [1.165, 1.54) is 7.11 Å². The van der Waals surface area contributed by atoms with Gasteiger partial charge in [-0.25, -0.2) is 9.97 Å². The lowest BCUT2D eigenvalue weighted by molar-refractivity contribution is 0.201. The molecule has 2 heterocycles. The van der Waals surface area contributed by atoms with Gasteiger partial charge >= 0.3 is 6.01 Å². The lowest BCUT2D eigenvalue weighted by atomic mass is 10.1. The SMILES string of the molecule is CCCC(C)Oc1ccc(-c2nc(OC)nc(-c3cc(CO)ccc3Cl)n2)cn1. The molecule has 0 aliphatic rings. The topological polar surface area (TPSA) is 90.2 Å². The van der Waals surface area contributed by atoms with Gasteiger partial charge in [-0.2, -0.15) is 9.97 Å². The van der Waals surface area contributed by atoms with Crippen molar-refractivity contribution >= 4 is 11.6 Å². The van der Waals surface area contributed by atoms with Crippen molar-refractivity contribution in [2.45, 2.75) is 39.4 Å². The Kier molecular flexibility index (Phi) is 6.95. The Balaban J connectivity index is 1.95. The molecule has 0 amide bonds. The third-order valence-corrected chi connectivity index (χ3v) is 4.59. The number of halogens is 1. The van der Waals surface area contributed by atoms with Crippen LogP contribution in [0.2, 0.25) is 5.02 Å². The van der Waals surface area contributed by atoms with Gasteiger partial charge in [-0.15, -0.1) is 0 Å². The van der Waals surface area contributed by atoms with Crippen LogP contribution in [-0.2, 0) is 6.61 Å². The minimum Gasteiger partial charge on any atom is -0.475 e. The fraction of sp³-hybridized carbons (Fsp3) is 0.333. The highest BCUT2D eigenvalue weighted by atomic mass is 35.5. The number of pyridine rings is 1. The van der Waals surface area contributed by atoms with Gasteiger partial charge in [0.15, 0.2) is 11.6 Å². The van der Waals surface area contributed by atoms with E-state index in [1.807, 2.05) is 13.0 Å². The van der Waals surface area contributed by atoms with Crippen LogP contribution < -0.4 is 9.47 Å². The second-order valence-corrected chi connectivity index (χ2v) is 6.95. The van der Waals surface area contributed by atoms with E-state index in [9.17, 15) is 5.11 Å². The standard InChI is InChI=1S/C21H23ClN4O3/c1-4-5-13(2)29-18-9-7-15(11-23-18)19-24-20(26-21(25-19)28-3)16-10-14(12-27)6-8-17(16)22/h6-11,13,27H,4-5,12H2,1-3H3. The summed E-state index contributed by atoms with van der Waals surface area (Å²) in [5.41, 5.74) is 1.98. The Morgan fingerprint density at radius 1 is 1.10 bits per heavy atom. The average molecular weight is 415 g/mol. The third kappa shape index (κ3) is 5.19. The summed E-state index contributed by atoms with van der Waals surface area (Å²) in [6, 6.07) is 8.97. The summed E-state index contributed by atoms with van der Waals surface area (Å²) in [5, 5.41) is 9.88. The number of rotatable bonds is 8. The van der Waals surface area contributed by atoms with Gasteiger partial charge in [-0.05, 0) is 37.1 Å². The monoisotopic (exact) mass is 414 g/mol. The smallest absolute Gasteiger partial charge is 0.320 e. The zero-order valence-electron chi connectivity index (χ0n) is 16.6. The van der Waals surface area contributed by atoms with Gasteiger partial charge in [0.25, 0.3) is 0 Å². The molecule has 0 spiro atoms. The summed E-state index contributed by atoms with van der Waals surface area (Å²) in [6.45, 7) is 4.03. The average Bonchev–Trinajstić information content (AvgIpc) is 2.74. The Morgan fingerprint density at radius 3 is 2.55 bits per heavy atom. The minimum absolute atomic E-state index is 0.100. The van der Waals surface area contributed by atoms with E-state index >= 15 is 0 Å². The molecule has 3 rings (SSSR count). The fourth-order valence-electron chi connectivity index (χ4n) is 2.79. The molecule has 2 aromatic heterocycles. The summed E-state index contributed by atoms with van der Waals surface area (Å²) in [6.07, 6.45) is 3.76. The normalized spacial score (nSPS) is 11.9. The van der Waals surface area contributed by atoms with Crippen molar-refractivity contribution in [1.82, 2.24) is 19.9 Å². The molecule has 1 atom stereocenters. The van der Waals surface area contributed by atoms with Crippen LogP contribution in [0.25, 0.3) is 22.8 Å². The first-order valence-corrected chi connectivity index (χ1v) is 9.74. The maximum Gasteiger partial charge on any atom is 0.320 e. The Labute approximate surface area is 174 Å². The van der Waals surface area contributed by atoms with Crippen molar-refractivity contribution in [1.29, 1.82) is 0 Å². The van der Waals surface area contributed by atoms with Gasteiger partial charge in [0, 0.05) is 23.4 Å². The van der Waals surface area contributed by atoms with Gasteiger partial charge in [-0.3, -0.25) is 0 Å². The molecule has 1 N–H and O–H groups in total. The zero-order chi connectivity index (χ0) is 20.8. The number of aliphatic hydroxyl groups is 1. The molecule has 0 aliphatic heterocycles. The van der Waals surface area contributed by atoms with Crippen molar-refractivity contribution in [3.63, 3.8) is 0 Å². The number of hydrogen-bond acceptors (Lipinski definition) is 7. The van der Waals surface area contributed by atoms with E-state index in [-0.39, 0.29) is 18.7 Å². The zero-order valence-corrected chi connectivity index (χ0v) is 17.3. The van der Waals surface area contributed by atoms with E-state index in [0.29, 0.717) is 39.2 Å². The molecular weight excluding hydrogens is 392 g/mol. The Hall–Kier alpha value is -2.77. The number of aliphatic hydroxyl groups excluding tert-OH is 1. The van der Waals surface area contributed by atoms with Gasteiger partial charge < -0.3 is 14.6 Å². The van der Waals surface area contributed by atoms with Crippen LogP contribution in [0.3, 0.4) is 0 Å². The number of aromatic nitrogens is 4. The first-order chi connectivity index (χ1) is 14.0. The van der Waals surface area contributed by atoms with Gasteiger partial charge in [-0.1, -0.05) is 31.0 Å². The molecule has 0 fully saturated rings. The summed E-state index contributed by atoms with van der Waals surface area (Å²) >= 11 is 6.32. The van der Waals surface area contributed by atoms with Gasteiger partial charge in [0.2, 0.25) is 5.88 Å². The largest absolute Gasteiger partial charge is 0.475 e. The van der Waals surface area contributed by atoms with Crippen LogP contribution in [-0.4, -0.2) is 38.3 Å². The van der Waals surface area contributed by atoms with Crippen LogP contribution in [0.1, 0.15) is 32.3 Å². The minimum atomic E-state index is -0.110. The number of nitrogens with zero attached hydrogens (tertiary/aromatic N) is 4. The third-order valence-electron chi connectivity index (χ3n) is 4.26. The molecule has 0 saturated carbocycles. The maximum atomic E-state index is 9.41. The first-order valence-electron chi connectivity index (χ1n) is 9.36. The van der Waals surface area contributed by atoms with E-state index in [1.54, 1.807) is 30.5 Å². The molecule has 1 unspecified atom stereocenters. The Morgan fingerprint density at radius 2 is 1.90 bits per heavy atom. The Bertz CT molecular complexity index is 967. The van der Waals surface area contributed by atoms with Crippen LogP contribution in [0, 0.1) is 0 Å². The van der Waals surface area contributed by atoms with Crippen LogP contribution >= 0.6 is 11.6 Å². The van der Waals surface area contributed by atoms with E-state index in [4.69, 9.17) is 21.1 Å². The number of ether oxygens (including phenoxy) is 2. The fourth-order valence-corrected chi connectivity index (χ4v) is 3.00. The van der Waals surface area contributed by atoms with Crippen molar-refractivity contribution in [3.05, 3.63) is 47.1 Å². The van der Waals surface area contributed by atoms with Crippen molar-refractivity contribution in [3.8, 4) is 34.7 Å². The predicted molar refractivity (Wildman–Crippen MR) is 111 cm³/mol. The molecule has 0 aliphatic carbocycles. The van der Waals surface area contributed by atoms with Crippen LogP contribution in [0.4, 0.5) is 0 Å². The molecule has 3 aromatic rings. The lowest BCUT2D eigenvalue weighted by Crippen LogP contribution is -2.11. The molecule has 0 bridgehead atoms. The highest BCUT2D eigenvalue weighted by Gasteiger charge is 2.14. The molecule has 7 nitrogen and oxygen atoms in total. The number of benzene rings is 1. The van der Waals surface area contributed by atoms with Crippen molar-refractivity contribution < 1.29 is 14.6 Å². The highest BCUT2D eigenvalue weighted by Crippen LogP contribution is 2.29. The van der Waals surface area contributed by atoms with E-state index < -0.39 is 0 Å². The van der Waals surface area contributed by atoms with Gasteiger partial charge in [0.05, 0.1) is 24.8 Å². The predicted octanol–water partition coefficient (Wildman–Crippen LogP) is 4.32. The van der Waals surface area contributed by atoms with Crippen LogP contribution in [0.5, 0.6) is 11.9 Å². The highest BCUT2D eigenvalue weighted by molar-refractivity contribution is 6.33. The molecule has 8 heteroatoms. The first kappa shape index (κ1) is 21.0. The maximum absolute atomic E-state index is 9.41. The molecular formula is C21H23ClN4O3. The molecule has 0 saturated heterocycles. The number of hydrogen-bond donors (Lipinski definition) is 1. The second-order valence-electron chi connectivity index (χ2n) is 6.54. The number of methoxy groups -OCH3 is 1. The molecule has 0 radical (unpaired) electrons. The summed E-state index contributed by atoms with van der Waals surface area (Å²) in [5.74, 6) is 1.30. The summed E-state index contributed by atoms with van der Waals surface area (Å²) in [4.78, 5) is 17.5. The lowest BCUT2D eigenvalue weighted by Gasteiger charge is -2.13. The summed E-state index contributed by atoms with van der Waals surface area (Å²) in [7, 11) is 1.49. The quantitative estimate of drug-likeness (QED) is 0.586. The van der Waals surface area contributed by atoms with E-state index in [2.05, 4.69) is 26.9 Å². The molecule has 29 heavy (non-hydrogen) atoms. The van der Waals surface area contributed by atoms with E-state index in [0.717, 1.165) is 12.8 Å². The van der Waals surface area contributed by atoms with Crippen molar-refractivity contribution in [2.24, 2.45) is 0 Å². The van der Waals surface area contributed by atoms with Gasteiger partial charge in [0.1, 0.15) is 0 Å². The second kappa shape index (κ2) is 9.62. The van der Waals surface area contributed by atoms with Crippen LogP contribution in [0.15, 0.2) is 36.5 Å². The summed E-state index contributed by atoms with van der Waals surface area (Å²) < 4.78 is 11.0.